The molecule has 1 aliphatic carbocycles. The molecule has 2 atom stereocenters. The van der Waals surface area contributed by atoms with Crippen LogP contribution >= 0.6 is 0 Å². The first-order valence-corrected chi connectivity index (χ1v) is 6.90. The number of hydrogen-bond donors (Lipinski definition) is 2. The molecule has 0 saturated heterocycles. The van der Waals surface area contributed by atoms with Crippen molar-refractivity contribution in [3.8, 4) is 0 Å². The molecule has 0 amide bonds. The van der Waals surface area contributed by atoms with Gasteiger partial charge in [0.2, 0.25) is 0 Å². The van der Waals surface area contributed by atoms with E-state index in [0.29, 0.717) is 12.6 Å². The van der Waals surface area contributed by atoms with Crippen LogP contribution in [0.25, 0.3) is 16.5 Å². The molecule has 2 heterocycles. The SMILES string of the molecule is COC(=O)[C@@H]1C=C2c3cccc4[nH]cc(c34)CC2NC1. The Morgan fingerprint density at radius 2 is 2.30 bits per heavy atom. The third-order valence-corrected chi connectivity index (χ3v) is 4.37. The van der Waals surface area contributed by atoms with Crippen molar-refractivity contribution in [2.24, 2.45) is 5.92 Å². The van der Waals surface area contributed by atoms with Gasteiger partial charge in [0, 0.05) is 29.7 Å². The van der Waals surface area contributed by atoms with E-state index in [1.54, 1.807) is 0 Å². The van der Waals surface area contributed by atoms with E-state index in [9.17, 15) is 4.79 Å². The molecular weight excluding hydrogens is 252 g/mol. The van der Waals surface area contributed by atoms with Crippen molar-refractivity contribution in [3.05, 3.63) is 41.6 Å². The van der Waals surface area contributed by atoms with Gasteiger partial charge in [-0.1, -0.05) is 18.2 Å². The fourth-order valence-electron chi connectivity index (χ4n) is 3.41. The number of carbonyl (C=O) groups is 1. The van der Waals surface area contributed by atoms with Crippen molar-refractivity contribution < 1.29 is 9.53 Å². The monoisotopic (exact) mass is 268 g/mol. The number of rotatable bonds is 1. The molecule has 20 heavy (non-hydrogen) atoms. The van der Waals surface area contributed by atoms with Crippen molar-refractivity contribution in [1.29, 1.82) is 0 Å². The van der Waals surface area contributed by atoms with Crippen LogP contribution in [0, 0.1) is 5.92 Å². The largest absolute Gasteiger partial charge is 0.469 e. The molecule has 2 aliphatic rings. The number of carbonyl (C=O) groups excluding carboxylic acids is 1. The number of nitrogens with one attached hydrogen (secondary N) is 2. The van der Waals surface area contributed by atoms with E-state index in [0.717, 1.165) is 11.9 Å². The third-order valence-electron chi connectivity index (χ3n) is 4.37. The van der Waals surface area contributed by atoms with Crippen LogP contribution in [0.3, 0.4) is 0 Å². The summed E-state index contributed by atoms with van der Waals surface area (Å²) in [5.74, 6) is -0.363. The predicted octanol–water partition coefficient (Wildman–Crippen LogP) is 1.87. The first-order valence-electron chi connectivity index (χ1n) is 6.90. The summed E-state index contributed by atoms with van der Waals surface area (Å²) in [5, 5.41) is 4.77. The lowest BCUT2D eigenvalue weighted by molar-refractivity contribution is -0.143. The lowest BCUT2D eigenvalue weighted by atomic mass is 9.81. The maximum Gasteiger partial charge on any atom is 0.313 e. The quantitative estimate of drug-likeness (QED) is 0.776. The van der Waals surface area contributed by atoms with E-state index in [-0.39, 0.29) is 11.9 Å². The van der Waals surface area contributed by atoms with Crippen LogP contribution in [0.5, 0.6) is 0 Å². The van der Waals surface area contributed by atoms with Gasteiger partial charge in [0.15, 0.2) is 0 Å². The molecule has 0 bridgehead atoms. The first-order chi connectivity index (χ1) is 9.78. The normalized spacial score (nSPS) is 24.1. The number of aromatic amines is 1. The maximum absolute atomic E-state index is 11.8. The summed E-state index contributed by atoms with van der Waals surface area (Å²) in [6.45, 7) is 0.649. The van der Waals surface area contributed by atoms with Gasteiger partial charge in [-0.05, 0) is 29.2 Å². The molecule has 1 aromatic carbocycles. The second kappa shape index (κ2) is 4.21. The van der Waals surface area contributed by atoms with Crippen LogP contribution in [-0.2, 0) is 16.0 Å². The summed E-state index contributed by atoms with van der Waals surface area (Å²) >= 11 is 0. The van der Waals surface area contributed by atoms with Crippen LogP contribution in [0.4, 0.5) is 0 Å². The van der Waals surface area contributed by atoms with Crippen LogP contribution in [0.15, 0.2) is 30.5 Å². The van der Waals surface area contributed by atoms with Crippen LogP contribution in [0.2, 0.25) is 0 Å². The fourth-order valence-corrected chi connectivity index (χ4v) is 3.41. The van der Waals surface area contributed by atoms with Crippen molar-refractivity contribution in [2.45, 2.75) is 12.5 Å². The number of esters is 1. The zero-order chi connectivity index (χ0) is 13.7. The number of fused-ring (bicyclic) bond motifs is 2. The highest BCUT2D eigenvalue weighted by atomic mass is 16.5. The van der Waals surface area contributed by atoms with Crippen LogP contribution in [0.1, 0.15) is 11.1 Å². The first kappa shape index (κ1) is 11.7. The van der Waals surface area contributed by atoms with Crippen molar-refractivity contribution in [2.75, 3.05) is 13.7 Å². The predicted molar refractivity (Wildman–Crippen MR) is 77.3 cm³/mol. The molecule has 0 radical (unpaired) electrons. The molecule has 2 N–H and O–H groups in total. The van der Waals surface area contributed by atoms with Gasteiger partial charge in [0.1, 0.15) is 0 Å². The minimum Gasteiger partial charge on any atom is -0.469 e. The molecule has 2 aromatic rings. The Bertz CT molecular complexity index is 729. The van der Waals surface area contributed by atoms with Gasteiger partial charge in [-0.25, -0.2) is 0 Å². The molecule has 0 fully saturated rings. The number of H-pyrrole nitrogens is 1. The second-order valence-corrected chi connectivity index (χ2v) is 5.46. The molecule has 4 heteroatoms. The van der Waals surface area contributed by atoms with Gasteiger partial charge in [0.05, 0.1) is 13.0 Å². The molecule has 1 aromatic heterocycles. The lowest BCUT2D eigenvalue weighted by Gasteiger charge is -2.32. The molecule has 102 valence electrons. The van der Waals surface area contributed by atoms with Gasteiger partial charge in [0.25, 0.3) is 0 Å². The van der Waals surface area contributed by atoms with Gasteiger partial charge in [-0.15, -0.1) is 0 Å². The third kappa shape index (κ3) is 1.55. The van der Waals surface area contributed by atoms with Crippen LogP contribution < -0.4 is 5.32 Å². The minimum atomic E-state index is -0.193. The lowest BCUT2D eigenvalue weighted by Crippen LogP contribution is -2.43. The van der Waals surface area contributed by atoms with Crippen molar-refractivity contribution in [3.63, 3.8) is 0 Å². The minimum absolute atomic E-state index is 0.171. The fraction of sp³-hybridized carbons (Fsp3) is 0.312. The van der Waals surface area contributed by atoms with Gasteiger partial charge >= 0.3 is 5.97 Å². The Kier molecular flexibility index (Phi) is 2.47. The standard InChI is InChI=1S/C16H16N2O2/c1-20-16(19)10-5-12-11-3-2-4-13-15(11)9(7-17-13)6-14(12)18-8-10/h2-5,7,10,14,17-18H,6,8H2,1H3/t10-,14?/m1/s1. The summed E-state index contributed by atoms with van der Waals surface area (Å²) in [6, 6.07) is 6.59. The van der Waals surface area contributed by atoms with Crippen molar-refractivity contribution in [1.82, 2.24) is 10.3 Å². The number of methoxy groups -OCH3 is 1. The van der Waals surface area contributed by atoms with Crippen molar-refractivity contribution >= 4 is 22.4 Å². The Hall–Kier alpha value is -2.07. The van der Waals surface area contributed by atoms with E-state index in [1.165, 1.54) is 29.2 Å². The Balaban J connectivity index is 1.89. The number of hydrogen-bond acceptors (Lipinski definition) is 3. The number of benzene rings is 1. The summed E-state index contributed by atoms with van der Waals surface area (Å²) in [5.41, 5.74) is 4.97. The van der Waals surface area contributed by atoms with Crippen LogP contribution in [-0.4, -0.2) is 30.6 Å². The van der Waals surface area contributed by atoms with E-state index in [1.807, 2.05) is 0 Å². The molecule has 0 saturated carbocycles. The molecular formula is C16H16N2O2. The Labute approximate surface area is 116 Å². The summed E-state index contributed by atoms with van der Waals surface area (Å²) < 4.78 is 4.87. The average molecular weight is 268 g/mol. The topological polar surface area (TPSA) is 54.1 Å². The number of ether oxygens (including phenoxy) is 1. The molecule has 1 unspecified atom stereocenters. The summed E-state index contributed by atoms with van der Waals surface area (Å²) in [6.07, 6.45) is 5.15. The average Bonchev–Trinajstić information content (AvgIpc) is 2.91. The molecule has 1 aliphatic heterocycles. The van der Waals surface area contributed by atoms with E-state index < -0.39 is 0 Å². The second-order valence-electron chi connectivity index (χ2n) is 5.46. The zero-order valence-electron chi connectivity index (χ0n) is 11.3. The Morgan fingerprint density at radius 1 is 1.40 bits per heavy atom. The highest BCUT2D eigenvalue weighted by Crippen LogP contribution is 2.38. The Morgan fingerprint density at radius 3 is 3.15 bits per heavy atom. The van der Waals surface area contributed by atoms with E-state index in [4.69, 9.17) is 4.74 Å². The molecule has 0 spiro atoms. The van der Waals surface area contributed by atoms with E-state index >= 15 is 0 Å². The maximum atomic E-state index is 11.8. The smallest absolute Gasteiger partial charge is 0.313 e. The van der Waals surface area contributed by atoms with E-state index in [2.05, 4.69) is 40.8 Å². The van der Waals surface area contributed by atoms with Gasteiger partial charge in [-0.3, -0.25) is 4.79 Å². The zero-order valence-corrected chi connectivity index (χ0v) is 11.3. The van der Waals surface area contributed by atoms with Gasteiger partial charge < -0.3 is 15.0 Å². The number of aromatic nitrogens is 1. The highest BCUT2D eigenvalue weighted by Gasteiger charge is 2.32. The van der Waals surface area contributed by atoms with Gasteiger partial charge in [-0.2, -0.15) is 0 Å². The highest BCUT2D eigenvalue weighted by molar-refractivity contribution is 5.99. The molecule has 4 rings (SSSR count). The summed E-state index contributed by atoms with van der Waals surface area (Å²) in [4.78, 5) is 15.1. The molecule has 4 nitrogen and oxygen atoms in total. The summed E-state index contributed by atoms with van der Waals surface area (Å²) in [7, 11) is 1.44.